The molecule has 64 valence electrons. The van der Waals surface area contributed by atoms with Gasteiger partial charge in [0.05, 0.1) is 26.1 Å². The number of rotatable bonds is 6. The quantitative estimate of drug-likeness (QED) is 0.535. The molecule has 0 aliphatic rings. The highest BCUT2D eigenvalue weighted by molar-refractivity contribution is 5.67. The van der Waals surface area contributed by atoms with Crippen molar-refractivity contribution in [3.05, 3.63) is 0 Å². The summed E-state index contributed by atoms with van der Waals surface area (Å²) in [6.45, 7) is 0.144. The van der Waals surface area contributed by atoms with Crippen LogP contribution >= 0.6 is 0 Å². The summed E-state index contributed by atoms with van der Waals surface area (Å²) in [6.07, 6.45) is -0.167. The van der Waals surface area contributed by atoms with Gasteiger partial charge >= 0.3 is 11.9 Å². The maximum atomic E-state index is 9.90. The first-order chi connectivity index (χ1) is 5.13. The summed E-state index contributed by atoms with van der Waals surface area (Å²) in [5.74, 6) is -1.89. The molecule has 0 rings (SSSR count). The summed E-state index contributed by atoms with van der Waals surface area (Å²) in [5, 5.41) is 16.3. The molecule has 0 radical (unpaired) electrons. The predicted molar refractivity (Wildman–Crippen MR) is 35.3 cm³/mol. The second-order valence-corrected chi connectivity index (χ2v) is 1.90. The fourth-order valence-electron chi connectivity index (χ4n) is 0.421. The van der Waals surface area contributed by atoms with Gasteiger partial charge in [0, 0.05) is 0 Å². The average molecular weight is 162 g/mol. The molecule has 5 nitrogen and oxygen atoms in total. The fourth-order valence-corrected chi connectivity index (χ4v) is 0.421. The van der Waals surface area contributed by atoms with E-state index in [-0.39, 0.29) is 26.1 Å². The molecule has 0 aliphatic heterocycles. The molecule has 0 amide bonds. The SMILES string of the molecule is O=C(O)CCOCCC(=O)O. The van der Waals surface area contributed by atoms with Gasteiger partial charge in [0.15, 0.2) is 0 Å². The Morgan fingerprint density at radius 1 is 1.00 bits per heavy atom. The third-order valence-corrected chi connectivity index (χ3v) is 0.921. The van der Waals surface area contributed by atoms with Crippen LogP contribution in [-0.2, 0) is 14.3 Å². The zero-order valence-corrected chi connectivity index (χ0v) is 5.95. The van der Waals surface area contributed by atoms with Crippen molar-refractivity contribution in [3.63, 3.8) is 0 Å². The highest BCUT2D eigenvalue weighted by Gasteiger charge is 1.98. The molecule has 0 aromatic carbocycles. The number of ether oxygens (including phenoxy) is 1. The molecular formula is C6H10O5. The molecule has 0 bridgehead atoms. The molecule has 0 aromatic heterocycles. The van der Waals surface area contributed by atoms with Gasteiger partial charge in [-0.1, -0.05) is 0 Å². The lowest BCUT2D eigenvalue weighted by Crippen LogP contribution is -2.06. The Kier molecular flexibility index (Phi) is 5.10. The van der Waals surface area contributed by atoms with Crippen molar-refractivity contribution in [2.45, 2.75) is 12.8 Å². The van der Waals surface area contributed by atoms with Crippen molar-refractivity contribution in [1.29, 1.82) is 0 Å². The summed E-state index contributed by atoms with van der Waals surface area (Å²) in [7, 11) is 0. The van der Waals surface area contributed by atoms with Crippen molar-refractivity contribution >= 4 is 11.9 Å². The minimum atomic E-state index is -0.944. The van der Waals surface area contributed by atoms with E-state index in [4.69, 9.17) is 14.9 Å². The predicted octanol–water partition coefficient (Wildman–Crippen LogP) is -0.0476. The van der Waals surface area contributed by atoms with Crippen LogP contribution in [0.5, 0.6) is 0 Å². The minimum Gasteiger partial charge on any atom is -0.481 e. The molecule has 0 atom stereocenters. The van der Waals surface area contributed by atoms with Gasteiger partial charge in [-0.3, -0.25) is 9.59 Å². The summed E-state index contributed by atoms with van der Waals surface area (Å²) >= 11 is 0. The van der Waals surface area contributed by atoms with Gasteiger partial charge in [0.2, 0.25) is 0 Å². The van der Waals surface area contributed by atoms with E-state index in [1.165, 1.54) is 0 Å². The van der Waals surface area contributed by atoms with Crippen LogP contribution < -0.4 is 0 Å². The Bertz CT molecular complexity index is 126. The third kappa shape index (κ3) is 8.90. The number of carbonyl (C=O) groups is 2. The molecule has 0 aliphatic carbocycles. The largest absolute Gasteiger partial charge is 0.481 e. The molecule has 0 aromatic rings. The Morgan fingerprint density at radius 3 is 1.64 bits per heavy atom. The van der Waals surface area contributed by atoms with Gasteiger partial charge in [-0.25, -0.2) is 0 Å². The smallest absolute Gasteiger partial charge is 0.305 e. The average Bonchev–Trinajstić information content (AvgIpc) is 1.85. The van der Waals surface area contributed by atoms with Crippen LogP contribution in [0.15, 0.2) is 0 Å². The van der Waals surface area contributed by atoms with Crippen LogP contribution in [0.4, 0.5) is 0 Å². The molecule has 0 saturated carbocycles. The van der Waals surface area contributed by atoms with Crippen molar-refractivity contribution in [2.75, 3.05) is 13.2 Å². The second kappa shape index (κ2) is 5.67. The Morgan fingerprint density at radius 2 is 1.36 bits per heavy atom. The summed E-state index contributed by atoms with van der Waals surface area (Å²) in [5.41, 5.74) is 0. The van der Waals surface area contributed by atoms with E-state index in [1.807, 2.05) is 0 Å². The maximum Gasteiger partial charge on any atom is 0.305 e. The van der Waals surface area contributed by atoms with Crippen molar-refractivity contribution in [3.8, 4) is 0 Å². The van der Waals surface area contributed by atoms with E-state index in [1.54, 1.807) is 0 Å². The lowest BCUT2D eigenvalue weighted by atomic mass is 10.4. The van der Waals surface area contributed by atoms with E-state index in [0.717, 1.165) is 0 Å². The van der Waals surface area contributed by atoms with Crippen LogP contribution in [0.1, 0.15) is 12.8 Å². The number of hydrogen-bond acceptors (Lipinski definition) is 3. The fraction of sp³-hybridized carbons (Fsp3) is 0.667. The molecule has 11 heavy (non-hydrogen) atoms. The first-order valence-corrected chi connectivity index (χ1v) is 3.14. The lowest BCUT2D eigenvalue weighted by molar-refractivity contribution is -0.138. The van der Waals surface area contributed by atoms with Crippen LogP contribution in [0.2, 0.25) is 0 Å². The molecule has 0 spiro atoms. The zero-order valence-electron chi connectivity index (χ0n) is 5.95. The number of hydrogen-bond donors (Lipinski definition) is 2. The van der Waals surface area contributed by atoms with E-state index in [9.17, 15) is 9.59 Å². The van der Waals surface area contributed by atoms with E-state index in [0.29, 0.717) is 0 Å². The molecule has 5 heteroatoms. The van der Waals surface area contributed by atoms with Crippen LogP contribution in [0.3, 0.4) is 0 Å². The standard InChI is InChI=1S/C6H10O5/c7-5(8)1-3-11-4-2-6(9)10/h1-4H2,(H,7,8)(H,9,10). The first-order valence-electron chi connectivity index (χ1n) is 3.14. The highest BCUT2D eigenvalue weighted by atomic mass is 16.5. The number of aliphatic carboxylic acids is 2. The lowest BCUT2D eigenvalue weighted by Gasteiger charge is -1.97. The van der Waals surface area contributed by atoms with Crippen LogP contribution in [0.25, 0.3) is 0 Å². The topological polar surface area (TPSA) is 83.8 Å². The first kappa shape index (κ1) is 9.90. The molecule has 0 heterocycles. The third-order valence-electron chi connectivity index (χ3n) is 0.921. The minimum absolute atomic E-state index is 0.0720. The van der Waals surface area contributed by atoms with Gasteiger partial charge in [0.1, 0.15) is 0 Å². The molecule has 0 fully saturated rings. The molecule has 2 N–H and O–H groups in total. The molecule has 0 unspecified atom stereocenters. The monoisotopic (exact) mass is 162 g/mol. The van der Waals surface area contributed by atoms with E-state index >= 15 is 0 Å². The normalized spacial score (nSPS) is 9.45. The van der Waals surface area contributed by atoms with Crippen molar-refractivity contribution < 1.29 is 24.5 Å². The zero-order chi connectivity index (χ0) is 8.69. The Balaban J connectivity index is 3.03. The van der Waals surface area contributed by atoms with Crippen LogP contribution in [-0.4, -0.2) is 35.4 Å². The number of carboxylic acid groups (broad SMARTS) is 2. The van der Waals surface area contributed by atoms with Gasteiger partial charge < -0.3 is 14.9 Å². The van der Waals surface area contributed by atoms with Crippen molar-refractivity contribution in [2.24, 2.45) is 0 Å². The van der Waals surface area contributed by atoms with Crippen LogP contribution in [0, 0.1) is 0 Å². The Hall–Kier alpha value is -1.10. The van der Waals surface area contributed by atoms with Gasteiger partial charge in [-0.2, -0.15) is 0 Å². The maximum absolute atomic E-state index is 9.90. The van der Waals surface area contributed by atoms with Gasteiger partial charge in [-0.15, -0.1) is 0 Å². The van der Waals surface area contributed by atoms with Crippen molar-refractivity contribution in [1.82, 2.24) is 0 Å². The van der Waals surface area contributed by atoms with Gasteiger partial charge in [-0.05, 0) is 0 Å². The highest BCUT2D eigenvalue weighted by Crippen LogP contribution is 1.85. The van der Waals surface area contributed by atoms with E-state index < -0.39 is 11.9 Å². The second-order valence-electron chi connectivity index (χ2n) is 1.90. The summed E-state index contributed by atoms with van der Waals surface area (Å²) in [6, 6.07) is 0. The van der Waals surface area contributed by atoms with E-state index in [2.05, 4.69) is 0 Å². The number of carboxylic acids is 2. The Labute approximate surface area is 63.6 Å². The summed E-state index contributed by atoms with van der Waals surface area (Å²) in [4.78, 5) is 19.8. The van der Waals surface area contributed by atoms with Gasteiger partial charge in [0.25, 0.3) is 0 Å². The molecule has 0 saturated heterocycles. The summed E-state index contributed by atoms with van der Waals surface area (Å²) < 4.78 is 4.69. The molecular weight excluding hydrogens is 152 g/mol.